The largest absolute Gasteiger partial charge is 0.457 e. The molecule has 0 rings (SSSR count). The predicted octanol–water partition coefficient (Wildman–Crippen LogP) is 10.9. The molecule has 4 heteroatoms. The highest BCUT2D eigenvalue weighted by Crippen LogP contribution is 2.11. The summed E-state index contributed by atoms with van der Waals surface area (Å²) >= 11 is 0. The molecule has 0 amide bonds. The fourth-order valence-corrected chi connectivity index (χ4v) is 4.47. The first-order valence-corrected chi connectivity index (χ1v) is 17.4. The number of esters is 1. The van der Waals surface area contributed by atoms with E-state index in [1.165, 1.54) is 64.2 Å². The lowest BCUT2D eigenvalue weighted by Crippen LogP contribution is -2.27. The second kappa shape index (κ2) is 35.3. The lowest BCUT2D eigenvalue weighted by molar-refractivity contribution is -0.154. The molecule has 242 valence electrons. The molecule has 0 bridgehead atoms. The Morgan fingerprint density at radius 2 is 1.07 bits per heavy atom. The molecule has 0 aromatic heterocycles. The molecule has 42 heavy (non-hydrogen) atoms. The molecule has 0 heterocycles. The van der Waals surface area contributed by atoms with E-state index in [1.54, 1.807) is 0 Å². The highest BCUT2D eigenvalue weighted by Gasteiger charge is 2.13. The molecule has 0 aliphatic rings. The van der Waals surface area contributed by atoms with Gasteiger partial charge >= 0.3 is 5.97 Å². The van der Waals surface area contributed by atoms with Crippen LogP contribution in [0.2, 0.25) is 0 Å². The van der Waals surface area contributed by atoms with Crippen molar-refractivity contribution < 1.29 is 19.4 Å². The first kappa shape index (κ1) is 40.1. The summed E-state index contributed by atoms with van der Waals surface area (Å²) in [4.78, 5) is 12.1. The van der Waals surface area contributed by atoms with Crippen molar-refractivity contribution in [2.75, 3.05) is 19.8 Å². The van der Waals surface area contributed by atoms with Gasteiger partial charge in [-0.15, -0.1) is 0 Å². The summed E-state index contributed by atoms with van der Waals surface area (Å²) in [5.74, 6) is -0.225. The van der Waals surface area contributed by atoms with Gasteiger partial charge in [-0.2, -0.15) is 0 Å². The Balaban J connectivity index is 3.53. The van der Waals surface area contributed by atoms with Crippen molar-refractivity contribution in [2.24, 2.45) is 0 Å². The average molecular weight is 587 g/mol. The van der Waals surface area contributed by atoms with Crippen molar-refractivity contribution in [2.45, 2.75) is 155 Å². The van der Waals surface area contributed by atoms with Crippen LogP contribution in [-0.4, -0.2) is 37.0 Å². The van der Waals surface area contributed by atoms with E-state index in [2.05, 4.69) is 74.6 Å². The lowest BCUT2D eigenvalue weighted by atomic mass is 10.1. The number of aliphatic hydroxyl groups excluding tert-OH is 1. The molecule has 1 unspecified atom stereocenters. The summed E-state index contributed by atoms with van der Waals surface area (Å²) < 4.78 is 11.1. The molecule has 0 aliphatic heterocycles. The Morgan fingerprint density at radius 3 is 1.62 bits per heavy atom. The Hall–Kier alpha value is -1.91. The topological polar surface area (TPSA) is 55.8 Å². The molecule has 0 saturated heterocycles. The molecular formula is C38H66O4. The maximum atomic E-state index is 12.1. The molecule has 0 spiro atoms. The summed E-state index contributed by atoms with van der Waals surface area (Å²) in [5.41, 5.74) is 0. The van der Waals surface area contributed by atoms with Gasteiger partial charge in [0, 0.05) is 13.0 Å². The molecule has 0 fully saturated rings. The van der Waals surface area contributed by atoms with Gasteiger partial charge in [0.2, 0.25) is 0 Å². The Kier molecular flexibility index (Phi) is 33.7. The standard InChI is InChI=1S/C38H66O4/c1-3-5-7-9-11-13-15-17-19-21-23-25-27-29-31-33-38(40)42-37(35-39)36-41-34-32-30-28-26-24-22-20-18-16-14-12-10-8-6-4-2/h5,7,10-13,16-19,37,39H,3-4,6,8-9,14-15,20-36H2,1-2H3/b7-5-,12-10-,13-11-,18-16-,19-17-. The third kappa shape index (κ3) is 32.6. The van der Waals surface area contributed by atoms with E-state index in [-0.39, 0.29) is 19.2 Å². The van der Waals surface area contributed by atoms with Crippen LogP contribution in [0.1, 0.15) is 149 Å². The van der Waals surface area contributed by atoms with Gasteiger partial charge in [-0.25, -0.2) is 0 Å². The van der Waals surface area contributed by atoms with E-state index < -0.39 is 6.10 Å². The monoisotopic (exact) mass is 586 g/mol. The number of hydrogen-bond donors (Lipinski definition) is 1. The van der Waals surface area contributed by atoms with E-state index in [0.29, 0.717) is 13.0 Å². The third-order valence-electron chi connectivity index (χ3n) is 7.08. The number of allylic oxidation sites excluding steroid dienone is 10. The van der Waals surface area contributed by atoms with Crippen molar-refractivity contribution >= 4 is 5.97 Å². The van der Waals surface area contributed by atoms with Crippen molar-refractivity contribution in [3.8, 4) is 0 Å². The zero-order valence-electron chi connectivity index (χ0n) is 27.5. The van der Waals surface area contributed by atoms with Crippen molar-refractivity contribution in [1.82, 2.24) is 0 Å². The fourth-order valence-electron chi connectivity index (χ4n) is 4.47. The summed E-state index contributed by atoms with van der Waals surface area (Å²) in [7, 11) is 0. The molecule has 4 nitrogen and oxygen atoms in total. The maximum Gasteiger partial charge on any atom is 0.306 e. The first-order valence-electron chi connectivity index (χ1n) is 17.4. The number of unbranched alkanes of at least 4 members (excludes halogenated alkanes) is 13. The highest BCUT2D eigenvalue weighted by molar-refractivity contribution is 5.69. The van der Waals surface area contributed by atoms with Gasteiger partial charge in [0.05, 0.1) is 13.2 Å². The van der Waals surface area contributed by atoms with Crippen LogP contribution in [0.25, 0.3) is 0 Å². The Labute approximate surface area is 260 Å². The van der Waals surface area contributed by atoms with Gasteiger partial charge in [0.1, 0.15) is 6.10 Å². The molecule has 0 aromatic carbocycles. The summed E-state index contributed by atoms with van der Waals surface area (Å²) in [6, 6.07) is 0. The van der Waals surface area contributed by atoms with Crippen LogP contribution in [0.15, 0.2) is 60.8 Å². The van der Waals surface area contributed by atoms with Crippen molar-refractivity contribution in [3.63, 3.8) is 0 Å². The smallest absolute Gasteiger partial charge is 0.306 e. The van der Waals surface area contributed by atoms with E-state index >= 15 is 0 Å². The Bertz CT molecular complexity index is 704. The molecule has 0 aliphatic carbocycles. The number of carbonyl (C=O) groups excluding carboxylic acids is 1. The molecule has 1 N–H and O–H groups in total. The first-order chi connectivity index (χ1) is 20.7. The van der Waals surface area contributed by atoms with E-state index in [9.17, 15) is 9.90 Å². The number of rotatable bonds is 31. The van der Waals surface area contributed by atoms with Crippen LogP contribution < -0.4 is 0 Å². The van der Waals surface area contributed by atoms with Crippen LogP contribution in [0, 0.1) is 0 Å². The minimum Gasteiger partial charge on any atom is -0.457 e. The zero-order valence-corrected chi connectivity index (χ0v) is 27.5. The van der Waals surface area contributed by atoms with Crippen LogP contribution in [-0.2, 0) is 14.3 Å². The lowest BCUT2D eigenvalue weighted by Gasteiger charge is -2.15. The quantitative estimate of drug-likeness (QED) is 0.0499. The van der Waals surface area contributed by atoms with Crippen LogP contribution in [0.4, 0.5) is 0 Å². The van der Waals surface area contributed by atoms with E-state index in [1.807, 2.05) is 0 Å². The van der Waals surface area contributed by atoms with Gasteiger partial charge in [0.15, 0.2) is 0 Å². The van der Waals surface area contributed by atoms with Gasteiger partial charge in [-0.1, -0.05) is 132 Å². The molecular weight excluding hydrogens is 520 g/mol. The average Bonchev–Trinajstić information content (AvgIpc) is 3.00. The van der Waals surface area contributed by atoms with Gasteiger partial charge < -0.3 is 14.6 Å². The third-order valence-corrected chi connectivity index (χ3v) is 7.08. The van der Waals surface area contributed by atoms with E-state index in [0.717, 1.165) is 64.2 Å². The second-order valence-corrected chi connectivity index (χ2v) is 11.2. The minimum atomic E-state index is -0.549. The minimum absolute atomic E-state index is 0.186. The van der Waals surface area contributed by atoms with Crippen LogP contribution >= 0.6 is 0 Å². The second-order valence-electron chi connectivity index (χ2n) is 11.2. The number of hydrogen-bond acceptors (Lipinski definition) is 4. The fraction of sp³-hybridized carbons (Fsp3) is 0.711. The molecule has 0 aromatic rings. The maximum absolute atomic E-state index is 12.1. The van der Waals surface area contributed by atoms with Crippen molar-refractivity contribution in [1.29, 1.82) is 0 Å². The molecule has 0 saturated carbocycles. The van der Waals surface area contributed by atoms with Crippen LogP contribution in [0.5, 0.6) is 0 Å². The summed E-state index contributed by atoms with van der Waals surface area (Å²) in [6.45, 7) is 5.14. The van der Waals surface area contributed by atoms with Gasteiger partial charge in [0.25, 0.3) is 0 Å². The number of carbonyl (C=O) groups is 1. The van der Waals surface area contributed by atoms with Crippen LogP contribution in [0.3, 0.4) is 0 Å². The van der Waals surface area contributed by atoms with E-state index in [4.69, 9.17) is 9.47 Å². The number of aliphatic hydroxyl groups is 1. The predicted molar refractivity (Wildman–Crippen MR) is 182 cm³/mol. The zero-order chi connectivity index (χ0) is 30.6. The summed E-state index contributed by atoms with van der Waals surface area (Å²) in [6.07, 6.45) is 45.4. The summed E-state index contributed by atoms with van der Waals surface area (Å²) in [5, 5.41) is 9.54. The van der Waals surface area contributed by atoms with Crippen molar-refractivity contribution in [3.05, 3.63) is 60.8 Å². The number of ether oxygens (including phenoxy) is 2. The van der Waals surface area contributed by atoms with Gasteiger partial charge in [-0.3, -0.25) is 4.79 Å². The normalized spacial score (nSPS) is 13.1. The molecule has 0 radical (unpaired) electrons. The SMILES string of the molecule is CC/C=C\C/C=C\C/C=C\CCCCCCCC(=O)OC(CO)COCCCCCCCC/C=C\C/C=C\CCCC. The Morgan fingerprint density at radius 1 is 0.595 bits per heavy atom. The van der Waals surface area contributed by atoms with Gasteiger partial charge in [-0.05, 0) is 70.6 Å². The highest BCUT2D eigenvalue weighted by atomic mass is 16.6. The molecule has 1 atom stereocenters.